The smallest absolute Gasteiger partial charge is 0.338 e. The SMILES string of the molecule is CCOC(=O)C1=C(C)N=C2SC=C(CC(=O)N3CCC[C@H](C(=O)OCC)C3)N2[C@H]1c1cc(OC)ccc1OC. The summed E-state index contributed by atoms with van der Waals surface area (Å²) in [5.41, 5.74) is 2.30. The first-order valence-corrected chi connectivity index (χ1v) is 14.0. The van der Waals surface area contributed by atoms with Gasteiger partial charge in [-0.15, -0.1) is 0 Å². The number of ether oxygens (including phenoxy) is 4. The van der Waals surface area contributed by atoms with Crippen molar-refractivity contribution in [3.05, 3.63) is 46.1 Å². The molecule has 0 bridgehead atoms. The molecular weight excluding hydrogens is 522 g/mol. The average Bonchev–Trinajstić information content (AvgIpc) is 3.33. The number of methoxy groups -OCH3 is 2. The molecule has 1 saturated heterocycles. The van der Waals surface area contributed by atoms with Crippen LogP contribution in [0.1, 0.15) is 51.6 Å². The van der Waals surface area contributed by atoms with Gasteiger partial charge in [-0.05, 0) is 57.2 Å². The number of fused-ring (bicyclic) bond motifs is 1. The molecule has 11 heteroatoms. The molecule has 3 aliphatic rings. The summed E-state index contributed by atoms with van der Waals surface area (Å²) in [5, 5.41) is 2.55. The molecular formula is C28H35N3O7S. The molecule has 10 nitrogen and oxygen atoms in total. The topological polar surface area (TPSA) is 107 Å². The zero-order chi connectivity index (χ0) is 28.1. The first-order chi connectivity index (χ1) is 18.8. The fourth-order valence-corrected chi connectivity index (χ4v) is 6.07. The van der Waals surface area contributed by atoms with Gasteiger partial charge in [-0.3, -0.25) is 9.59 Å². The lowest BCUT2D eigenvalue weighted by Gasteiger charge is -2.37. The van der Waals surface area contributed by atoms with Gasteiger partial charge in [0.1, 0.15) is 11.5 Å². The van der Waals surface area contributed by atoms with Gasteiger partial charge in [-0.2, -0.15) is 0 Å². The van der Waals surface area contributed by atoms with Crippen LogP contribution in [0.2, 0.25) is 0 Å². The number of aliphatic imine (C=N–C) groups is 1. The number of carbonyl (C=O) groups excluding carboxylic acids is 3. The summed E-state index contributed by atoms with van der Waals surface area (Å²) >= 11 is 1.40. The molecule has 3 aliphatic heterocycles. The van der Waals surface area contributed by atoms with Crippen molar-refractivity contribution in [3.8, 4) is 11.5 Å². The van der Waals surface area contributed by atoms with Crippen LogP contribution in [0.15, 0.2) is 45.6 Å². The van der Waals surface area contributed by atoms with Gasteiger partial charge < -0.3 is 28.7 Å². The van der Waals surface area contributed by atoms with E-state index in [0.717, 1.165) is 6.42 Å². The first-order valence-electron chi connectivity index (χ1n) is 13.1. The normalized spacial score (nSPS) is 20.6. The van der Waals surface area contributed by atoms with Gasteiger partial charge >= 0.3 is 11.9 Å². The molecule has 0 spiro atoms. The van der Waals surface area contributed by atoms with Crippen molar-refractivity contribution in [1.82, 2.24) is 9.80 Å². The Labute approximate surface area is 233 Å². The third-order valence-corrected chi connectivity index (χ3v) is 7.84. The summed E-state index contributed by atoms with van der Waals surface area (Å²) in [4.78, 5) is 47.4. The lowest BCUT2D eigenvalue weighted by Crippen LogP contribution is -2.44. The number of esters is 2. The van der Waals surface area contributed by atoms with E-state index in [-0.39, 0.29) is 30.8 Å². The summed E-state index contributed by atoms with van der Waals surface area (Å²) in [6, 6.07) is 4.76. The Morgan fingerprint density at radius 2 is 1.87 bits per heavy atom. The van der Waals surface area contributed by atoms with Crippen LogP contribution in [0.4, 0.5) is 0 Å². The maximum Gasteiger partial charge on any atom is 0.338 e. The molecule has 0 aliphatic carbocycles. The molecule has 4 rings (SSSR count). The molecule has 3 heterocycles. The molecule has 0 saturated carbocycles. The van der Waals surface area contributed by atoms with Crippen molar-refractivity contribution in [2.24, 2.45) is 10.9 Å². The van der Waals surface area contributed by atoms with Crippen LogP contribution < -0.4 is 9.47 Å². The number of likely N-dealkylation sites (tertiary alicyclic amines) is 1. The third-order valence-electron chi connectivity index (χ3n) is 6.95. The molecule has 0 radical (unpaired) electrons. The number of allylic oxidation sites excluding steroid dienone is 1. The standard InChI is InChI=1S/C28H35N3O7S/c1-6-37-26(33)18-9-8-12-30(15-18)23(32)13-19-16-39-28-29-17(3)24(27(34)38-7-2)25(31(19)28)21-14-20(35-4)10-11-22(21)36-5/h10-11,14,16,18,25H,6-9,12-13,15H2,1-5H3/t18-,25-/m0/s1. The van der Waals surface area contributed by atoms with E-state index in [1.54, 1.807) is 52.0 Å². The lowest BCUT2D eigenvalue weighted by molar-refractivity contribution is -0.151. The molecule has 39 heavy (non-hydrogen) atoms. The molecule has 210 valence electrons. The Bertz CT molecular complexity index is 1230. The summed E-state index contributed by atoms with van der Waals surface area (Å²) in [6.07, 6.45) is 1.52. The number of hydrogen-bond donors (Lipinski definition) is 0. The minimum atomic E-state index is -0.649. The van der Waals surface area contributed by atoms with E-state index in [4.69, 9.17) is 23.9 Å². The fourth-order valence-electron chi connectivity index (χ4n) is 5.11. The van der Waals surface area contributed by atoms with E-state index in [1.165, 1.54) is 11.8 Å². The highest BCUT2D eigenvalue weighted by Gasteiger charge is 2.43. The first kappa shape index (κ1) is 28.5. The van der Waals surface area contributed by atoms with Gasteiger partial charge in [-0.1, -0.05) is 11.8 Å². The summed E-state index contributed by atoms with van der Waals surface area (Å²) in [6.45, 7) is 6.75. The molecule has 1 aromatic carbocycles. The Kier molecular flexibility index (Phi) is 9.21. The lowest BCUT2D eigenvalue weighted by atomic mass is 9.92. The number of piperidine rings is 1. The number of rotatable bonds is 9. The molecule has 1 amide bonds. The largest absolute Gasteiger partial charge is 0.497 e. The van der Waals surface area contributed by atoms with Gasteiger partial charge in [0.25, 0.3) is 0 Å². The van der Waals surface area contributed by atoms with Gasteiger partial charge in [0.2, 0.25) is 5.91 Å². The number of thioether (sulfide) groups is 1. The number of nitrogens with zero attached hydrogens (tertiary/aromatic N) is 3. The van der Waals surface area contributed by atoms with Gasteiger partial charge in [0.05, 0.1) is 57.1 Å². The number of carbonyl (C=O) groups is 3. The second-order valence-corrected chi connectivity index (χ2v) is 10.2. The van der Waals surface area contributed by atoms with Gasteiger partial charge in [-0.25, -0.2) is 9.79 Å². The Balaban J connectivity index is 1.68. The Morgan fingerprint density at radius 1 is 1.10 bits per heavy atom. The summed E-state index contributed by atoms with van der Waals surface area (Å²) < 4.78 is 21.8. The third kappa shape index (κ3) is 5.93. The summed E-state index contributed by atoms with van der Waals surface area (Å²) in [7, 11) is 3.14. The van der Waals surface area contributed by atoms with Gasteiger partial charge in [0.15, 0.2) is 5.17 Å². The molecule has 0 aromatic heterocycles. The van der Waals surface area contributed by atoms with E-state index in [0.29, 0.717) is 65.3 Å². The number of benzene rings is 1. The van der Waals surface area contributed by atoms with Crippen LogP contribution in [0.25, 0.3) is 0 Å². The maximum absolute atomic E-state index is 13.5. The zero-order valence-electron chi connectivity index (χ0n) is 23.0. The van der Waals surface area contributed by atoms with Crippen LogP contribution in [-0.2, 0) is 23.9 Å². The van der Waals surface area contributed by atoms with Crippen molar-refractivity contribution in [2.45, 2.75) is 46.1 Å². The second kappa shape index (κ2) is 12.6. The van der Waals surface area contributed by atoms with E-state index in [2.05, 4.69) is 0 Å². The van der Waals surface area contributed by atoms with Crippen LogP contribution in [0.3, 0.4) is 0 Å². The van der Waals surface area contributed by atoms with Crippen molar-refractivity contribution < 1.29 is 33.3 Å². The Morgan fingerprint density at radius 3 is 2.56 bits per heavy atom. The predicted octanol–water partition coefficient (Wildman–Crippen LogP) is 4.03. The fraction of sp³-hybridized carbons (Fsp3) is 0.500. The molecule has 2 atom stereocenters. The van der Waals surface area contributed by atoms with Crippen molar-refractivity contribution >= 4 is 34.8 Å². The number of amidine groups is 1. The zero-order valence-corrected chi connectivity index (χ0v) is 23.8. The van der Waals surface area contributed by atoms with Crippen LogP contribution >= 0.6 is 11.8 Å². The highest BCUT2D eigenvalue weighted by atomic mass is 32.2. The quantitative estimate of drug-likeness (QED) is 0.416. The van der Waals surface area contributed by atoms with E-state index >= 15 is 0 Å². The number of amides is 1. The van der Waals surface area contributed by atoms with E-state index in [1.807, 2.05) is 16.4 Å². The van der Waals surface area contributed by atoms with Crippen molar-refractivity contribution in [1.29, 1.82) is 0 Å². The van der Waals surface area contributed by atoms with Crippen molar-refractivity contribution in [2.75, 3.05) is 40.5 Å². The highest BCUT2D eigenvalue weighted by Crippen LogP contribution is 2.47. The second-order valence-electron chi connectivity index (χ2n) is 9.33. The minimum Gasteiger partial charge on any atom is -0.497 e. The van der Waals surface area contributed by atoms with Crippen molar-refractivity contribution in [3.63, 3.8) is 0 Å². The van der Waals surface area contributed by atoms with E-state index in [9.17, 15) is 14.4 Å². The number of hydrogen-bond acceptors (Lipinski definition) is 10. The van der Waals surface area contributed by atoms with Gasteiger partial charge in [0, 0.05) is 24.4 Å². The van der Waals surface area contributed by atoms with Crippen LogP contribution in [0, 0.1) is 5.92 Å². The predicted molar refractivity (Wildman–Crippen MR) is 147 cm³/mol. The van der Waals surface area contributed by atoms with E-state index < -0.39 is 12.0 Å². The van der Waals surface area contributed by atoms with Crippen LogP contribution in [0.5, 0.6) is 11.5 Å². The summed E-state index contributed by atoms with van der Waals surface area (Å²) in [5.74, 6) is -0.00606. The average molecular weight is 558 g/mol. The minimum absolute atomic E-state index is 0.0828. The monoisotopic (exact) mass is 557 g/mol. The molecule has 0 unspecified atom stereocenters. The Hall–Kier alpha value is -3.47. The molecule has 1 fully saturated rings. The maximum atomic E-state index is 13.5. The highest BCUT2D eigenvalue weighted by molar-refractivity contribution is 8.16. The molecule has 0 N–H and O–H groups in total. The van der Waals surface area contributed by atoms with Crippen LogP contribution in [-0.4, -0.2) is 73.3 Å². The molecule has 1 aromatic rings.